The van der Waals surface area contributed by atoms with Crippen molar-refractivity contribution >= 4 is 50.0 Å². The molecular formula is C19H18BrClN4O2. The fraction of sp³-hybridized carbons (Fsp3) is 0.316. The Bertz CT molecular complexity index is 1040. The molecule has 140 valence electrons. The third-order valence-electron chi connectivity index (χ3n) is 4.77. The van der Waals surface area contributed by atoms with Gasteiger partial charge < -0.3 is 10.5 Å². The van der Waals surface area contributed by atoms with Gasteiger partial charge in [-0.15, -0.1) is 0 Å². The maximum atomic E-state index is 13.2. The number of rotatable bonds is 3. The maximum Gasteiger partial charge on any atom is 0.197 e. The molecule has 1 unspecified atom stereocenters. The molecule has 0 bridgehead atoms. The van der Waals surface area contributed by atoms with Crippen LogP contribution < -0.4 is 5.73 Å². The van der Waals surface area contributed by atoms with Crippen molar-refractivity contribution in [3.05, 3.63) is 50.7 Å². The average Bonchev–Trinajstić information content (AvgIpc) is 3.11. The van der Waals surface area contributed by atoms with Gasteiger partial charge in [-0.05, 0) is 60.3 Å². The zero-order chi connectivity index (χ0) is 19.1. The predicted octanol–water partition coefficient (Wildman–Crippen LogP) is 4.67. The fourth-order valence-electron chi connectivity index (χ4n) is 3.29. The molecule has 1 atom stereocenters. The standard InChI is InChI=1S/C19H18BrClN4O2/c1-10-14(20)8-12(19(22)23-10)18(26)11-5-6-15(21)17-13(11)9-25(24-17)16-4-2-3-7-27-16/h5-6,8-9,16H,2-4,7H2,1H3,(H2,22,23). The highest BCUT2D eigenvalue weighted by atomic mass is 79.9. The van der Waals surface area contributed by atoms with Gasteiger partial charge in [0.05, 0.1) is 16.3 Å². The minimum absolute atomic E-state index is 0.134. The summed E-state index contributed by atoms with van der Waals surface area (Å²) in [5.41, 5.74) is 8.14. The van der Waals surface area contributed by atoms with E-state index in [0.717, 1.165) is 29.4 Å². The van der Waals surface area contributed by atoms with Crippen LogP contribution in [0.1, 0.15) is 47.1 Å². The number of benzene rings is 1. The van der Waals surface area contributed by atoms with Gasteiger partial charge in [0, 0.05) is 28.2 Å². The van der Waals surface area contributed by atoms with Gasteiger partial charge in [-0.2, -0.15) is 5.10 Å². The number of nitrogens with two attached hydrogens (primary N) is 1. The third kappa shape index (κ3) is 3.35. The Kier molecular flexibility index (Phi) is 4.92. The number of ether oxygens (including phenoxy) is 1. The van der Waals surface area contributed by atoms with Gasteiger partial charge in [0.15, 0.2) is 5.78 Å². The van der Waals surface area contributed by atoms with Crippen molar-refractivity contribution in [2.24, 2.45) is 0 Å². The molecule has 1 saturated heterocycles. The molecule has 1 aromatic carbocycles. The van der Waals surface area contributed by atoms with E-state index in [0.29, 0.717) is 33.7 Å². The minimum atomic E-state index is -0.216. The number of halogens is 2. The highest BCUT2D eigenvalue weighted by Gasteiger charge is 2.23. The van der Waals surface area contributed by atoms with Crippen molar-refractivity contribution < 1.29 is 9.53 Å². The number of hydrogen-bond acceptors (Lipinski definition) is 5. The van der Waals surface area contributed by atoms with E-state index in [1.165, 1.54) is 0 Å². The molecule has 0 amide bonds. The highest BCUT2D eigenvalue weighted by Crippen LogP contribution is 2.31. The van der Waals surface area contributed by atoms with E-state index in [2.05, 4.69) is 26.0 Å². The van der Waals surface area contributed by atoms with E-state index < -0.39 is 0 Å². The molecule has 3 aromatic rings. The van der Waals surface area contributed by atoms with E-state index in [9.17, 15) is 4.79 Å². The number of pyridine rings is 1. The molecule has 0 radical (unpaired) electrons. The van der Waals surface area contributed by atoms with Crippen molar-refractivity contribution in [2.75, 3.05) is 12.3 Å². The number of carbonyl (C=O) groups excluding carboxylic acids is 1. The zero-order valence-corrected chi connectivity index (χ0v) is 17.0. The molecule has 1 aliphatic rings. The highest BCUT2D eigenvalue weighted by molar-refractivity contribution is 9.10. The number of hydrogen-bond donors (Lipinski definition) is 1. The summed E-state index contributed by atoms with van der Waals surface area (Å²) in [5, 5.41) is 5.75. The summed E-state index contributed by atoms with van der Waals surface area (Å²) in [6.45, 7) is 2.53. The first-order valence-electron chi connectivity index (χ1n) is 8.72. The van der Waals surface area contributed by atoms with Crippen molar-refractivity contribution in [1.29, 1.82) is 0 Å². The van der Waals surface area contributed by atoms with Gasteiger partial charge in [-0.3, -0.25) is 4.79 Å². The van der Waals surface area contributed by atoms with Crippen LogP contribution in [0.15, 0.2) is 28.9 Å². The van der Waals surface area contributed by atoms with Crippen LogP contribution in [0.3, 0.4) is 0 Å². The monoisotopic (exact) mass is 448 g/mol. The molecule has 1 aliphatic heterocycles. The summed E-state index contributed by atoms with van der Waals surface area (Å²) < 4.78 is 8.30. The van der Waals surface area contributed by atoms with Crippen LogP contribution in [-0.2, 0) is 4.74 Å². The molecule has 8 heteroatoms. The van der Waals surface area contributed by atoms with Gasteiger partial charge in [0.1, 0.15) is 17.6 Å². The second-order valence-corrected chi connectivity index (χ2v) is 7.87. The first kappa shape index (κ1) is 18.4. The van der Waals surface area contributed by atoms with Crippen molar-refractivity contribution in [3.8, 4) is 0 Å². The number of aryl methyl sites for hydroxylation is 1. The Hall–Kier alpha value is -1.96. The molecular weight excluding hydrogens is 432 g/mol. The zero-order valence-electron chi connectivity index (χ0n) is 14.7. The summed E-state index contributed by atoms with van der Waals surface area (Å²) in [5.74, 6) is -0.0155. The van der Waals surface area contributed by atoms with Crippen molar-refractivity contribution in [1.82, 2.24) is 14.8 Å². The smallest absolute Gasteiger partial charge is 0.197 e. The van der Waals surface area contributed by atoms with Gasteiger partial charge >= 0.3 is 0 Å². The molecule has 0 spiro atoms. The average molecular weight is 450 g/mol. The number of anilines is 1. The van der Waals surface area contributed by atoms with Gasteiger partial charge in [-0.1, -0.05) is 11.6 Å². The first-order valence-corrected chi connectivity index (χ1v) is 9.89. The Morgan fingerprint density at radius 3 is 2.93 bits per heavy atom. The number of aromatic nitrogens is 3. The fourth-order valence-corrected chi connectivity index (χ4v) is 3.81. The normalized spacial score (nSPS) is 17.4. The van der Waals surface area contributed by atoms with Crippen LogP contribution in [0.4, 0.5) is 5.82 Å². The number of nitrogens with zero attached hydrogens (tertiary/aromatic N) is 3. The van der Waals surface area contributed by atoms with Crippen LogP contribution in [0.25, 0.3) is 10.9 Å². The van der Waals surface area contributed by atoms with E-state index in [4.69, 9.17) is 22.1 Å². The van der Waals surface area contributed by atoms with Crippen LogP contribution in [0.2, 0.25) is 5.02 Å². The van der Waals surface area contributed by atoms with E-state index in [1.54, 1.807) is 22.9 Å². The molecule has 0 saturated carbocycles. The predicted molar refractivity (Wildman–Crippen MR) is 108 cm³/mol. The molecule has 0 aliphatic carbocycles. The lowest BCUT2D eigenvalue weighted by Crippen LogP contribution is -2.18. The summed E-state index contributed by atoms with van der Waals surface area (Å²) in [7, 11) is 0. The third-order valence-corrected chi connectivity index (χ3v) is 5.87. The first-order chi connectivity index (χ1) is 13.0. The topological polar surface area (TPSA) is 83.0 Å². The van der Waals surface area contributed by atoms with Gasteiger partial charge in [0.25, 0.3) is 0 Å². The Labute approximate surface area is 169 Å². The second kappa shape index (κ2) is 7.22. The largest absolute Gasteiger partial charge is 0.383 e. The SMILES string of the molecule is Cc1nc(N)c(C(=O)c2ccc(Cl)c3nn(C4CCCCO4)cc23)cc1Br. The lowest BCUT2D eigenvalue weighted by molar-refractivity contribution is -0.0390. The molecule has 2 aromatic heterocycles. The number of ketones is 1. The summed E-state index contributed by atoms with van der Waals surface area (Å²) in [6, 6.07) is 5.09. The van der Waals surface area contributed by atoms with Gasteiger partial charge in [-0.25, -0.2) is 9.67 Å². The van der Waals surface area contributed by atoms with Crippen LogP contribution in [-0.4, -0.2) is 27.2 Å². The second-order valence-electron chi connectivity index (χ2n) is 6.61. The quantitative estimate of drug-likeness (QED) is 0.588. The van der Waals surface area contributed by atoms with Gasteiger partial charge in [0.2, 0.25) is 0 Å². The molecule has 1 fully saturated rings. The van der Waals surface area contributed by atoms with Crippen LogP contribution in [0, 0.1) is 6.92 Å². The van der Waals surface area contributed by atoms with Crippen molar-refractivity contribution in [3.63, 3.8) is 0 Å². The Balaban J connectivity index is 1.82. The van der Waals surface area contributed by atoms with E-state index in [1.807, 2.05) is 13.1 Å². The summed E-state index contributed by atoms with van der Waals surface area (Å²) in [6.07, 6.45) is 4.72. The maximum absolute atomic E-state index is 13.2. The Morgan fingerprint density at radius 1 is 1.37 bits per heavy atom. The lowest BCUT2D eigenvalue weighted by atomic mass is 10.0. The summed E-state index contributed by atoms with van der Waals surface area (Å²) in [4.78, 5) is 17.4. The van der Waals surface area contributed by atoms with Crippen molar-refractivity contribution in [2.45, 2.75) is 32.4 Å². The van der Waals surface area contributed by atoms with E-state index in [-0.39, 0.29) is 17.8 Å². The van der Waals surface area contributed by atoms with Crippen LogP contribution in [0.5, 0.6) is 0 Å². The lowest BCUT2D eigenvalue weighted by Gasteiger charge is -2.22. The van der Waals surface area contributed by atoms with Crippen LogP contribution >= 0.6 is 27.5 Å². The van der Waals surface area contributed by atoms with E-state index >= 15 is 0 Å². The molecule has 3 heterocycles. The molecule has 2 N–H and O–H groups in total. The Morgan fingerprint density at radius 2 is 2.19 bits per heavy atom. The number of fused-ring (bicyclic) bond motifs is 1. The number of carbonyl (C=O) groups is 1. The molecule has 27 heavy (non-hydrogen) atoms. The molecule has 4 rings (SSSR count). The minimum Gasteiger partial charge on any atom is -0.383 e. The summed E-state index contributed by atoms with van der Waals surface area (Å²) >= 11 is 9.75. The molecule has 6 nitrogen and oxygen atoms in total. The number of nitrogen functional groups attached to an aromatic ring is 1.